The van der Waals surface area contributed by atoms with Gasteiger partial charge in [-0.15, -0.1) is 11.6 Å². The van der Waals surface area contributed by atoms with Gasteiger partial charge in [0.25, 0.3) is 0 Å². The minimum absolute atomic E-state index is 0.362. The van der Waals surface area contributed by atoms with Gasteiger partial charge >= 0.3 is 5.97 Å². The van der Waals surface area contributed by atoms with Crippen LogP contribution in [0.15, 0.2) is 18.2 Å². The first-order valence-electron chi connectivity index (χ1n) is 4.35. The molecule has 0 fully saturated rings. The van der Waals surface area contributed by atoms with Crippen molar-refractivity contribution in [3.8, 4) is 5.75 Å². The van der Waals surface area contributed by atoms with Crippen LogP contribution in [0.2, 0.25) is 5.02 Å². The Morgan fingerprint density at radius 3 is 2.73 bits per heavy atom. The summed E-state index contributed by atoms with van der Waals surface area (Å²) in [7, 11) is 0. The lowest BCUT2D eigenvalue weighted by Gasteiger charge is -2.09. The summed E-state index contributed by atoms with van der Waals surface area (Å²) >= 11 is 11.5. The number of aliphatic carboxylic acids is 1. The molecule has 3 nitrogen and oxygen atoms in total. The van der Waals surface area contributed by atoms with Crippen molar-refractivity contribution in [2.24, 2.45) is 0 Å². The van der Waals surface area contributed by atoms with Crippen molar-refractivity contribution in [1.82, 2.24) is 0 Å². The zero-order chi connectivity index (χ0) is 11.4. The SMILES string of the molecule is CCOc1ccc(C(Cl)C(=O)O)cc1Cl. The molecule has 0 bridgehead atoms. The number of benzene rings is 1. The molecule has 5 heteroatoms. The molecule has 0 saturated heterocycles. The Kier molecular flexibility index (Phi) is 4.24. The van der Waals surface area contributed by atoms with Crippen LogP contribution in [0.1, 0.15) is 17.9 Å². The molecule has 0 spiro atoms. The summed E-state index contributed by atoms with van der Waals surface area (Å²) in [6.45, 7) is 2.34. The van der Waals surface area contributed by atoms with Gasteiger partial charge in [0.15, 0.2) is 5.38 Å². The van der Waals surface area contributed by atoms with Crippen molar-refractivity contribution in [3.05, 3.63) is 28.8 Å². The summed E-state index contributed by atoms with van der Waals surface area (Å²) in [4.78, 5) is 10.6. The number of carboxylic acid groups (broad SMARTS) is 1. The largest absolute Gasteiger partial charge is 0.492 e. The van der Waals surface area contributed by atoms with E-state index in [9.17, 15) is 4.79 Å². The Bertz CT molecular complexity index is 366. The molecule has 1 aromatic rings. The summed E-state index contributed by atoms with van der Waals surface area (Å²) in [5.74, 6) is -0.575. The lowest BCUT2D eigenvalue weighted by molar-refractivity contribution is -0.136. The molecule has 1 unspecified atom stereocenters. The Labute approximate surface area is 97.6 Å². The predicted octanol–water partition coefficient (Wildman–Crippen LogP) is 3.10. The van der Waals surface area contributed by atoms with E-state index in [1.165, 1.54) is 6.07 Å². The second-order valence-corrected chi connectivity index (χ2v) is 3.67. The Hall–Kier alpha value is -0.930. The highest BCUT2D eigenvalue weighted by atomic mass is 35.5. The molecule has 0 amide bonds. The first-order chi connectivity index (χ1) is 7.06. The number of ether oxygens (including phenoxy) is 1. The van der Waals surface area contributed by atoms with E-state index in [2.05, 4.69) is 0 Å². The maximum Gasteiger partial charge on any atom is 0.326 e. The normalized spacial score (nSPS) is 12.2. The number of carbonyl (C=O) groups is 1. The fourth-order valence-corrected chi connectivity index (χ4v) is 1.47. The van der Waals surface area contributed by atoms with Gasteiger partial charge in [-0.3, -0.25) is 4.79 Å². The Balaban J connectivity index is 2.95. The van der Waals surface area contributed by atoms with Crippen molar-refractivity contribution < 1.29 is 14.6 Å². The van der Waals surface area contributed by atoms with E-state index in [1.807, 2.05) is 6.92 Å². The maximum absolute atomic E-state index is 10.6. The smallest absolute Gasteiger partial charge is 0.326 e. The number of halogens is 2. The molecular weight excluding hydrogens is 239 g/mol. The number of hydrogen-bond donors (Lipinski definition) is 1. The lowest BCUT2D eigenvalue weighted by atomic mass is 10.1. The second-order valence-electron chi connectivity index (χ2n) is 2.82. The Morgan fingerprint density at radius 2 is 2.27 bits per heavy atom. The van der Waals surface area contributed by atoms with Crippen LogP contribution in [-0.4, -0.2) is 17.7 Å². The van der Waals surface area contributed by atoms with E-state index in [0.717, 1.165) is 0 Å². The zero-order valence-corrected chi connectivity index (χ0v) is 9.55. The first kappa shape index (κ1) is 12.1. The number of carboxylic acids is 1. The second kappa shape index (κ2) is 5.24. The Morgan fingerprint density at radius 1 is 1.60 bits per heavy atom. The highest BCUT2D eigenvalue weighted by Crippen LogP contribution is 2.30. The van der Waals surface area contributed by atoms with Crippen molar-refractivity contribution in [1.29, 1.82) is 0 Å². The topological polar surface area (TPSA) is 46.5 Å². The van der Waals surface area contributed by atoms with Crippen LogP contribution in [0.4, 0.5) is 0 Å². The van der Waals surface area contributed by atoms with Gasteiger partial charge in [-0.2, -0.15) is 0 Å². The molecule has 0 aliphatic heterocycles. The molecular formula is C10H10Cl2O3. The molecule has 1 rings (SSSR count). The van der Waals surface area contributed by atoms with Gasteiger partial charge in [0.1, 0.15) is 5.75 Å². The van der Waals surface area contributed by atoms with Gasteiger partial charge in [-0.25, -0.2) is 0 Å². The minimum atomic E-state index is -1.10. The predicted molar refractivity (Wildman–Crippen MR) is 58.9 cm³/mol. The first-order valence-corrected chi connectivity index (χ1v) is 5.16. The van der Waals surface area contributed by atoms with Gasteiger partial charge in [-0.05, 0) is 24.6 Å². The molecule has 0 saturated carbocycles. The van der Waals surface area contributed by atoms with Crippen LogP contribution < -0.4 is 4.74 Å². The number of hydrogen-bond acceptors (Lipinski definition) is 2. The third-order valence-electron chi connectivity index (χ3n) is 1.77. The van der Waals surface area contributed by atoms with Gasteiger partial charge in [0.2, 0.25) is 0 Å². The fraction of sp³-hybridized carbons (Fsp3) is 0.300. The van der Waals surface area contributed by atoms with Crippen molar-refractivity contribution in [2.75, 3.05) is 6.61 Å². The van der Waals surface area contributed by atoms with E-state index >= 15 is 0 Å². The van der Waals surface area contributed by atoms with Gasteiger partial charge < -0.3 is 9.84 Å². The van der Waals surface area contributed by atoms with Crippen LogP contribution in [0.3, 0.4) is 0 Å². The fourth-order valence-electron chi connectivity index (χ4n) is 1.09. The van der Waals surface area contributed by atoms with E-state index in [0.29, 0.717) is 22.9 Å². The van der Waals surface area contributed by atoms with Crippen LogP contribution >= 0.6 is 23.2 Å². The summed E-state index contributed by atoms with van der Waals surface area (Å²) in [6, 6.07) is 4.69. The van der Waals surface area contributed by atoms with E-state index in [4.69, 9.17) is 33.0 Å². The molecule has 15 heavy (non-hydrogen) atoms. The molecule has 0 aliphatic carbocycles. The summed E-state index contributed by atoms with van der Waals surface area (Å²) in [6.07, 6.45) is 0. The quantitative estimate of drug-likeness (QED) is 0.834. The highest BCUT2D eigenvalue weighted by Gasteiger charge is 2.17. The molecule has 0 radical (unpaired) electrons. The molecule has 1 aromatic carbocycles. The molecule has 1 N–H and O–H groups in total. The lowest BCUT2D eigenvalue weighted by Crippen LogP contribution is -2.05. The maximum atomic E-state index is 10.6. The molecule has 0 heterocycles. The van der Waals surface area contributed by atoms with Gasteiger partial charge in [0.05, 0.1) is 11.6 Å². The average molecular weight is 249 g/mol. The highest BCUT2D eigenvalue weighted by molar-refractivity contribution is 6.33. The number of alkyl halides is 1. The van der Waals surface area contributed by atoms with Crippen molar-refractivity contribution in [2.45, 2.75) is 12.3 Å². The van der Waals surface area contributed by atoms with Gasteiger partial charge in [0, 0.05) is 0 Å². The summed E-state index contributed by atoms with van der Waals surface area (Å²) in [5.41, 5.74) is 0.442. The standard InChI is InChI=1S/C10H10Cl2O3/c1-2-15-8-4-3-6(5-7(8)11)9(12)10(13)14/h3-5,9H,2H2,1H3,(H,13,14). The van der Waals surface area contributed by atoms with Crippen LogP contribution in [0.25, 0.3) is 0 Å². The number of rotatable bonds is 4. The van der Waals surface area contributed by atoms with E-state index in [-0.39, 0.29) is 0 Å². The summed E-state index contributed by atoms with van der Waals surface area (Å²) < 4.78 is 5.21. The van der Waals surface area contributed by atoms with Crippen molar-refractivity contribution in [3.63, 3.8) is 0 Å². The molecule has 1 atom stereocenters. The monoisotopic (exact) mass is 248 g/mol. The van der Waals surface area contributed by atoms with Gasteiger partial charge in [-0.1, -0.05) is 17.7 Å². The molecule has 0 aliphatic rings. The third kappa shape index (κ3) is 3.01. The van der Waals surface area contributed by atoms with Crippen LogP contribution in [0, 0.1) is 0 Å². The minimum Gasteiger partial charge on any atom is -0.492 e. The van der Waals surface area contributed by atoms with E-state index < -0.39 is 11.3 Å². The van der Waals surface area contributed by atoms with E-state index in [1.54, 1.807) is 12.1 Å². The molecule has 82 valence electrons. The van der Waals surface area contributed by atoms with Crippen LogP contribution in [0.5, 0.6) is 5.75 Å². The van der Waals surface area contributed by atoms with Crippen molar-refractivity contribution >= 4 is 29.2 Å². The zero-order valence-electron chi connectivity index (χ0n) is 8.04. The third-order valence-corrected chi connectivity index (χ3v) is 2.50. The molecule has 0 aromatic heterocycles. The average Bonchev–Trinajstić information content (AvgIpc) is 2.20. The van der Waals surface area contributed by atoms with Crippen LogP contribution in [-0.2, 0) is 4.79 Å². The summed E-state index contributed by atoms with van der Waals surface area (Å²) in [5, 5.41) is 7.97.